The molecule has 0 saturated heterocycles. The molecule has 0 aliphatic carbocycles. The van der Waals surface area contributed by atoms with Crippen molar-refractivity contribution in [3.63, 3.8) is 0 Å². The normalized spacial score (nSPS) is 12.0. The van der Waals surface area contributed by atoms with Gasteiger partial charge >= 0.3 is 0 Å². The van der Waals surface area contributed by atoms with Crippen molar-refractivity contribution in [1.82, 2.24) is 20.4 Å². The summed E-state index contributed by atoms with van der Waals surface area (Å²) in [4.78, 5) is 16.6. The molecule has 0 aliphatic rings. The second-order valence-corrected chi connectivity index (χ2v) is 8.48. The molecule has 8 heteroatoms. The molecular weight excluding hydrogens is 380 g/mol. The summed E-state index contributed by atoms with van der Waals surface area (Å²) in [5.41, 5.74) is 1.69. The number of rotatable bonds is 8. The smallest absolute Gasteiger partial charge is 0.242 e. The molecule has 0 fully saturated rings. The number of guanidine groups is 1. The molecule has 1 heterocycles. The van der Waals surface area contributed by atoms with Crippen LogP contribution in [-0.4, -0.2) is 46.4 Å². The summed E-state index contributed by atoms with van der Waals surface area (Å²) in [5.74, 6) is 1.22. The average Bonchev–Trinajstić information content (AvgIpc) is 3.04. The maximum absolute atomic E-state index is 12.2. The molecule has 1 amide bonds. The molecule has 2 aromatic rings. The zero-order valence-corrected chi connectivity index (χ0v) is 18.8. The molecule has 30 heavy (non-hydrogen) atoms. The standard InChI is InChI=1S/C22H34N6O2/c1-16(2)30-19-9-7-18(8-10-19)26-21(24-14-20(29)27-22(3,4)5)23-12-11-17-13-25-28(6)15-17/h7-10,13,15-16H,11-12,14H2,1-6H3,(H,27,29)(H2,23,24,26). The third-order valence-corrected chi connectivity index (χ3v) is 3.85. The molecule has 0 bridgehead atoms. The van der Waals surface area contributed by atoms with Gasteiger partial charge in [-0.25, -0.2) is 4.99 Å². The van der Waals surface area contributed by atoms with E-state index in [-0.39, 0.29) is 24.1 Å². The zero-order valence-electron chi connectivity index (χ0n) is 18.8. The first-order valence-electron chi connectivity index (χ1n) is 10.2. The number of benzene rings is 1. The molecule has 0 spiro atoms. The van der Waals surface area contributed by atoms with E-state index in [1.165, 1.54) is 0 Å². The van der Waals surface area contributed by atoms with E-state index in [4.69, 9.17) is 4.74 Å². The number of nitrogens with zero attached hydrogens (tertiary/aromatic N) is 3. The number of aliphatic imine (C=N–C) groups is 1. The minimum atomic E-state index is -0.291. The second kappa shape index (κ2) is 10.7. The number of carbonyl (C=O) groups excluding carboxylic acids is 1. The molecule has 1 aromatic heterocycles. The molecule has 0 unspecified atom stereocenters. The third-order valence-electron chi connectivity index (χ3n) is 3.85. The Kier molecular flexibility index (Phi) is 8.26. The summed E-state index contributed by atoms with van der Waals surface area (Å²) in [7, 11) is 1.89. The van der Waals surface area contributed by atoms with Crippen molar-refractivity contribution < 1.29 is 9.53 Å². The predicted molar refractivity (Wildman–Crippen MR) is 121 cm³/mol. The van der Waals surface area contributed by atoms with Gasteiger partial charge in [0.15, 0.2) is 5.96 Å². The van der Waals surface area contributed by atoms with Crippen LogP contribution in [0.25, 0.3) is 0 Å². The van der Waals surface area contributed by atoms with Crippen LogP contribution in [0.2, 0.25) is 0 Å². The Bertz CT molecular complexity index is 834. The van der Waals surface area contributed by atoms with Gasteiger partial charge in [0.25, 0.3) is 0 Å². The van der Waals surface area contributed by atoms with Gasteiger partial charge in [-0.1, -0.05) is 0 Å². The number of anilines is 1. The molecule has 0 radical (unpaired) electrons. The quantitative estimate of drug-likeness (QED) is 0.456. The summed E-state index contributed by atoms with van der Waals surface area (Å²) >= 11 is 0. The maximum Gasteiger partial charge on any atom is 0.242 e. The van der Waals surface area contributed by atoms with Gasteiger partial charge in [0.1, 0.15) is 12.3 Å². The van der Waals surface area contributed by atoms with E-state index < -0.39 is 0 Å². The highest BCUT2D eigenvalue weighted by molar-refractivity contribution is 5.95. The number of ether oxygens (including phenoxy) is 1. The second-order valence-electron chi connectivity index (χ2n) is 8.48. The van der Waals surface area contributed by atoms with Crippen LogP contribution >= 0.6 is 0 Å². The molecule has 8 nitrogen and oxygen atoms in total. The molecule has 1 aromatic carbocycles. The number of carbonyl (C=O) groups is 1. The van der Waals surface area contributed by atoms with Crippen LogP contribution < -0.4 is 20.7 Å². The van der Waals surface area contributed by atoms with Gasteiger partial charge in [-0.05, 0) is 70.9 Å². The first-order valence-corrected chi connectivity index (χ1v) is 10.2. The number of nitrogens with one attached hydrogen (secondary N) is 3. The molecule has 2 rings (SSSR count). The van der Waals surface area contributed by atoms with Gasteiger partial charge in [0.05, 0.1) is 12.3 Å². The van der Waals surface area contributed by atoms with Crippen molar-refractivity contribution in [2.45, 2.75) is 52.7 Å². The van der Waals surface area contributed by atoms with Crippen LogP contribution in [0.4, 0.5) is 5.69 Å². The van der Waals surface area contributed by atoms with Crippen molar-refractivity contribution in [3.05, 3.63) is 42.2 Å². The Morgan fingerprint density at radius 2 is 1.93 bits per heavy atom. The van der Waals surface area contributed by atoms with Gasteiger partial charge in [0, 0.05) is 31.0 Å². The lowest BCUT2D eigenvalue weighted by atomic mass is 10.1. The Morgan fingerprint density at radius 3 is 2.50 bits per heavy atom. The van der Waals surface area contributed by atoms with Crippen molar-refractivity contribution >= 4 is 17.6 Å². The Hall–Kier alpha value is -3.03. The number of aryl methyl sites for hydroxylation is 1. The number of hydrogen-bond donors (Lipinski definition) is 3. The average molecular weight is 415 g/mol. The fraction of sp³-hybridized carbons (Fsp3) is 0.500. The van der Waals surface area contributed by atoms with Gasteiger partial charge in [-0.3, -0.25) is 9.48 Å². The SMILES string of the molecule is CC(C)Oc1ccc(NC(=NCC(=O)NC(C)(C)C)NCCc2cnn(C)c2)cc1. The van der Waals surface area contributed by atoms with E-state index in [1.807, 2.05) is 78.3 Å². The highest BCUT2D eigenvalue weighted by atomic mass is 16.5. The summed E-state index contributed by atoms with van der Waals surface area (Å²) in [5, 5.41) is 13.6. The lowest BCUT2D eigenvalue weighted by Crippen LogP contribution is -2.42. The van der Waals surface area contributed by atoms with Crippen LogP contribution in [0, 0.1) is 0 Å². The topological polar surface area (TPSA) is 92.6 Å². The molecule has 0 atom stereocenters. The lowest BCUT2D eigenvalue weighted by Gasteiger charge is -2.20. The summed E-state index contributed by atoms with van der Waals surface area (Å²) in [6, 6.07) is 7.65. The molecule has 0 aliphatic heterocycles. The first-order chi connectivity index (χ1) is 14.1. The van der Waals surface area contributed by atoms with Crippen LogP contribution in [0.1, 0.15) is 40.2 Å². The monoisotopic (exact) mass is 414 g/mol. The first kappa shape index (κ1) is 23.3. The fourth-order valence-corrected chi connectivity index (χ4v) is 2.70. The van der Waals surface area contributed by atoms with E-state index in [0.717, 1.165) is 23.4 Å². The van der Waals surface area contributed by atoms with Gasteiger partial charge in [-0.2, -0.15) is 5.10 Å². The predicted octanol–water partition coefficient (Wildman–Crippen LogP) is 2.72. The highest BCUT2D eigenvalue weighted by Crippen LogP contribution is 2.16. The maximum atomic E-state index is 12.2. The van der Waals surface area contributed by atoms with Crippen molar-refractivity contribution in [1.29, 1.82) is 0 Å². The van der Waals surface area contributed by atoms with E-state index in [2.05, 4.69) is 26.0 Å². The number of amides is 1. The van der Waals surface area contributed by atoms with E-state index >= 15 is 0 Å². The van der Waals surface area contributed by atoms with E-state index in [0.29, 0.717) is 12.5 Å². The summed E-state index contributed by atoms with van der Waals surface area (Å²) in [6.07, 6.45) is 4.74. The Labute approximate surface area is 179 Å². The van der Waals surface area contributed by atoms with Crippen molar-refractivity contribution in [2.24, 2.45) is 12.0 Å². The molecule has 3 N–H and O–H groups in total. The van der Waals surface area contributed by atoms with Gasteiger partial charge in [0.2, 0.25) is 5.91 Å². The van der Waals surface area contributed by atoms with Crippen molar-refractivity contribution in [2.75, 3.05) is 18.4 Å². The molecule has 0 saturated carbocycles. The number of aromatic nitrogens is 2. The molecular formula is C22H34N6O2. The summed E-state index contributed by atoms with van der Waals surface area (Å²) in [6.45, 7) is 10.5. The van der Waals surface area contributed by atoms with Gasteiger partial charge in [-0.15, -0.1) is 0 Å². The lowest BCUT2D eigenvalue weighted by molar-refractivity contribution is -0.121. The highest BCUT2D eigenvalue weighted by Gasteiger charge is 2.13. The Balaban J connectivity index is 2.01. The van der Waals surface area contributed by atoms with Crippen LogP contribution in [0.15, 0.2) is 41.7 Å². The van der Waals surface area contributed by atoms with E-state index in [1.54, 1.807) is 4.68 Å². The van der Waals surface area contributed by atoms with Crippen LogP contribution in [-0.2, 0) is 18.3 Å². The summed E-state index contributed by atoms with van der Waals surface area (Å²) < 4.78 is 7.46. The van der Waals surface area contributed by atoms with Crippen LogP contribution in [0.3, 0.4) is 0 Å². The zero-order chi connectivity index (χ0) is 22.1. The largest absolute Gasteiger partial charge is 0.491 e. The fourth-order valence-electron chi connectivity index (χ4n) is 2.70. The van der Waals surface area contributed by atoms with E-state index in [9.17, 15) is 4.79 Å². The van der Waals surface area contributed by atoms with Crippen molar-refractivity contribution in [3.8, 4) is 5.75 Å². The number of hydrogen-bond acceptors (Lipinski definition) is 4. The van der Waals surface area contributed by atoms with Gasteiger partial charge < -0.3 is 20.7 Å². The Morgan fingerprint density at radius 1 is 1.23 bits per heavy atom. The van der Waals surface area contributed by atoms with Crippen LogP contribution in [0.5, 0.6) is 5.75 Å². The molecule has 164 valence electrons. The third kappa shape index (κ3) is 8.98. The minimum absolute atomic E-state index is 0.0358. The minimum Gasteiger partial charge on any atom is -0.491 e.